The average Bonchev–Trinajstić information content (AvgIpc) is 2.30. The molecule has 0 aliphatic carbocycles. The van der Waals surface area contributed by atoms with Crippen molar-refractivity contribution in [2.45, 2.75) is 6.92 Å². The van der Waals surface area contributed by atoms with Crippen molar-refractivity contribution >= 4 is 18.4 Å². The van der Waals surface area contributed by atoms with Gasteiger partial charge in [-0.15, -0.1) is 0 Å². The first-order valence-electron chi connectivity index (χ1n) is 4.79. The minimum Gasteiger partial charge on any atom is -0.478 e. The first-order valence-corrected chi connectivity index (χ1v) is 4.79. The molecule has 0 amide bonds. The van der Waals surface area contributed by atoms with Crippen LogP contribution in [0.5, 0.6) is 5.75 Å². The number of ether oxygens (including phenoxy) is 1. The number of hydrogen-bond donors (Lipinski definition) is 3. The van der Waals surface area contributed by atoms with Crippen LogP contribution < -0.4 is 4.74 Å². The molecule has 0 heterocycles. The third-order valence-electron chi connectivity index (χ3n) is 1.58. The molecule has 0 radical (unpaired) electrons. The molecule has 0 atom stereocenters. The molecule has 18 heavy (non-hydrogen) atoms. The standard InChI is InChI=1S/C9H6O6.C2H6O/c10-4-15-7-2-5(8(11)12)1-6(3-7)9(13)14;1-2-3/h1-4H,(H,11,12)(H,13,14);3H,2H2,1H3. The van der Waals surface area contributed by atoms with Gasteiger partial charge in [-0.3, -0.25) is 4.79 Å². The third kappa shape index (κ3) is 5.08. The van der Waals surface area contributed by atoms with E-state index in [1.54, 1.807) is 6.92 Å². The summed E-state index contributed by atoms with van der Waals surface area (Å²) in [6.07, 6.45) is 0. The van der Waals surface area contributed by atoms with Crippen LogP contribution in [0.1, 0.15) is 27.6 Å². The summed E-state index contributed by atoms with van der Waals surface area (Å²) in [6, 6.07) is 3.09. The van der Waals surface area contributed by atoms with E-state index in [2.05, 4.69) is 4.74 Å². The summed E-state index contributed by atoms with van der Waals surface area (Å²) in [7, 11) is 0. The maximum absolute atomic E-state index is 10.6. The largest absolute Gasteiger partial charge is 0.478 e. The van der Waals surface area contributed by atoms with Crippen LogP contribution in [0.15, 0.2) is 18.2 Å². The van der Waals surface area contributed by atoms with Crippen LogP contribution in [0.3, 0.4) is 0 Å². The Labute approximate surface area is 102 Å². The van der Waals surface area contributed by atoms with Crippen molar-refractivity contribution in [3.05, 3.63) is 29.3 Å². The second-order valence-electron chi connectivity index (χ2n) is 2.89. The highest BCUT2D eigenvalue weighted by molar-refractivity contribution is 5.94. The summed E-state index contributed by atoms with van der Waals surface area (Å²) >= 11 is 0. The van der Waals surface area contributed by atoms with E-state index < -0.39 is 11.9 Å². The molecule has 3 N–H and O–H groups in total. The van der Waals surface area contributed by atoms with Crippen molar-refractivity contribution in [1.29, 1.82) is 0 Å². The lowest BCUT2D eigenvalue weighted by Gasteiger charge is -2.02. The van der Waals surface area contributed by atoms with Crippen LogP contribution in [-0.2, 0) is 4.79 Å². The Balaban J connectivity index is 0.000000873. The fourth-order valence-electron chi connectivity index (χ4n) is 0.970. The van der Waals surface area contributed by atoms with Gasteiger partial charge in [0.1, 0.15) is 5.75 Å². The molecule has 7 nitrogen and oxygen atoms in total. The highest BCUT2D eigenvalue weighted by atomic mass is 16.5. The van der Waals surface area contributed by atoms with E-state index in [9.17, 15) is 14.4 Å². The van der Waals surface area contributed by atoms with Gasteiger partial charge in [0.2, 0.25) is 0 Å². The molecule has 0 aromatic heterocycles. The molecule has 0 saturated heterocycles. The lowest BCUT2D eigenvalue weighted by molar-refractivity contribution is -0.120. The van der Waals surface area contributed by atoms with Crippen LogP contribution in [0, 0.1) is 0 Å². The Morgan fingerprint density at radius 2 is 1.56 bits per heavy atom. The quantitative estimate of drug-likeness (QED) is 0.675. The second-order valence-corrected chi connectivity index (χ2v) is 2.89. The number of aliphatic hydroxyl groups is 1. The van der Waals surface area contributed by atoms with Gasteiger partial charge >= 0.3 is 11.9 Å². The minimum absolute atomic E-state index is 0.0899. The first kappa shape index (κ1) is 15.6. The van der Waals surface area contributed by atoms with Crippen LogP contribution in [-0.4, -0.2) is 40.3 Å². The van der Waals surface area contributed by atoms with Gasteiger partial charge in [-0.2, -0.15) is 0 Å². The Morgan fingerprint density at radius 3 is 1.83 bits per heavy atom. The SMILES string of the molecule is CCO.O=COc1cc(C(=O)O)cc(C(=O)O)c1. The number of carbonyl (C=O) groups is 3. The lowest BCUT2D eigenvalue weighted by atomic mass is 10.1. The molecule has 1 aromatic rings. The number of rotatable bonds is 4. The molecular weight excluding hydrogens is 244 g/mol. The Hall–Kier alpha value is -2.41. The monoisotopic (exact) mass is 256 g/mol. The number of carboxylic acid groups (broad SMARTS) is 2. The van der Waals surface area contributed by atoms with Crippen LogP contribution in [0.2, 0.25) is 0 Å². The molecular formula is C11H12O7. The fraction of sp³-hybridized carbons (Fsp3) is 0.182. The predicted octanol–water partition coefficient (Wildman–Crippen LogP) is 0.617. The molecule has 0 saturated carbocycles. The number of aromatic carboxylic acids is 2. The van der Waals surface area contributed by atoms with Crippen LogP contribution in [0.25, 0.3) is 0 Å². The van der Waals surface area contributed by atoms with E-state index in [0.29, 0.717) is 0 Å². The van der Waals surface area contributed by atoms with Gasteiger partial charge in [-0.25, -0.2) is 9.59 Å². The van der Waals surface area contributed by atoms with Crippen molar-refractivity contribution in [2.75, 3.05) is 6.61 Å². The van der Waals surface area contributed by atoms with E-state index in [1.807, 2.05) is 0 Å². The van der Waals surface area contributed by atoms with Gasteiger partial charge < -0.3 is 20.1 Å². The number of carbonyl (C=O) groups excluding carboxylic acids is 1. The third-order valence-corrected chi connectivity index (χ3v) is 1.58. The van der Waals surface area contributed by atoms with Crippen molar-refractivity contribution in [3.63, 3.8) is 0 Å². The van der Waals surface area contributed by atoms with Crippen LogP contribution >= 0.6 is 0 Å². The van der Waals surface area contributed by atoms with Gasteiger partial charge in [0.15, 0.2) is 0 Å². The summed E-state index contributed by atoms with van der Waals surface area (Å²) in [5, 5.41) is 24.9. The summed E-state index contributed by atoms with van der Waals surface area (Å²) in [6.45, 7) is 2.02. The van der Waals surface area contributed by atoms with E-state index in [-0.39, 0.29) is 30.0 Å². The van der Waals surface area contributed by atoms with Gasteiger partial charge in [0.25, 0.3) is 6.47 Å². The molecule has 1 rings (SSSR count). The highest BCUT2D eigenvalue weighted by Gasteiger charge is 2.11. The lowest BCUT2D eigenvalue weighted by Crippen LogP contribution is -2.03. The van der Waals surface area contributed by atoms with Crippen LogP contribution in [0.4, 0.5) is 0 Å². The smallest absolute Gasteiger partial charge is 0.335 e. The van der Waals surface area contributed by atoms with Gasteiger partial charge in [-0.05, 0) is 25.1 Å². The summed E-state index contributed by atoms with van der Waals surface area (Å²) in [5.41, 5.74) is -0.515. The highest BCUT2D eigenvalue weighted by Crippen LogP contribution is 2.17. The summed E-state index contributed by atoms with van der Waals surface area (Å²) in [4.78, 5) is 31.2. The van der Waals surface area contributed by atoms with E-state index in [4.69, 9.17) is 15.3 Å². The minimum atomic E-state index is -1.30. The van der Waals surface area contributed by atoms with Gasteiger partial charge in [0, 0.05) is 6.61 Å². The molecule has 98 valence electrons. The maximum atomic E-state index is 10.6. The van der Waals surface area contributed by atoms with Gasteiger partial charge in [-0.1, -0.05) is 0 Å². The van der Waals surface area contributed by atoms with Crippen molar-refractivity contribution < 1.29 is 34.4 Å². The fourth-order valence-corrected chi connectivity index (χ4v) is 0.970. The average molecular weight is 256 g/mol. The zero-order chi connectivity index (χ0) is 14.1. The Morgan fingerprint density at radius 1 is 1.17 bits per heavy atom. The second kappa shape index (κ2) is 7.80. The molecule has 1 aromatic carbocycles. The number of carboxylic acids is 2. The Kier molecular flexibility index (Phi) is 6.75. The molecule has 0 fully saturated rings. The van der Waals surface area contributed by atoms with Crippen molar-refractivity contribution in [1.82, 2.24) is 0 Å². The predicted molar refractivity (Wildman–Crippen MR) is 59.8 cm³/mol. The molecule has 7 heteroatoms. The van der Waals surface area contributed by atoms with E-state index in [0.717, 1.165) is 18.2 Å². The van der Waals surface area contributed by atoms with Crippen molar-refractivity contribution in [3.8, 4) is 5.75 Å². The molecule has 0 unspecified atom stereocenters. The number of aliphatic hydroxyl groups excluding tert-OH is 1. The molecule has 0 aliphatic heterocycles. The molecule has 0 bridgehead atoms. The van der Waals surface area contributed by atoms with Gasteiger partial charge in [0.05, 0.1) is 11.1 Å². The topological polar surface area (TPSA) is 121 Å². The number of benzene rings is 1. The van der Waals surface area contributed by atoms with Crippen molar-refractivity contribution in [2.24, 2.45) is 0 Å². The maximum Gasteiger partial charge on any atom is 0.335 e. The zero-order valence-electron chi connectivity index (χ0n) is 9.49. The first-order chi connectivity index (χ1) is 8.46. The number of hydrogen-bond acceptors (Lipinski definition) is 5. The van der Waals surface area contributed by atoms with E-state index in [1.165, 1.54) is 0 Å². The molecule has 0 spiro atoms. The Bertz CT molecular complexity index is 407. The zero-order valence-corrected chi connectivity index (χ0v) is 9.49. The summed E-state index contributed by atoms with van der Waals surface area (Å²) in [5.74, 6) is -2.72. The normalized spacial score (nSPS) is 8.78. The van der Waals surface area contributed by atoms with E-state index >= 15 is 0 Å². The molecule has 0 aliphatic rings. The summed E-state index contributed by atoms with van der Waals surface area (Å²) < 4.78 is 4.38.